The summed E-state index contributed by atoms with van der Waals surface area (Å²) in [6.07, 6.45) is 1.69. The van der Waals surface area contributed by atoms with Crippen molar-refractivity contribution in [3.63, 3.8) is 0 Å². The highest BCUT2D eigenvalue weighted by Crippen LogP contribution is 2.30. The molecule has 0 heterocycles. The second-order valence-corrected chi connectivity index (χ2v) is 5.62. The highest BCUT2D eigenvalue weighted by atomic mass is 14.4. The van der Waals surface area contributed by atoms with Crippen LogP contribution in [0.15, 0.2) is 54.6 Å². The molecule has 0 N–H and O–H groups in total. The molecule has 0 radical (unpaired) electrons. The summed E-state index contributed by atoms with van der Waals surface area (Å²) in [5.41, 5.74) is 1.06. The molecule has 2 heteroatoms. The van der Waals surface area contributed by atoms with Crippen LogP contribution in [0.1, 0.15) is 25.3 Å². The summed E-state index contributed by atoms with van der Waals surface area (Å²) in [5, 5.41) is 21.2. The molecule has 2 nitrogen and oxygen atoms in total. The van der Waals surface area contributed by atoms with E-state index in [0.29, 0.717) is 19.3 Å². The Hall–Kier alpha value is -2.58. The van der Waals surface area contributed by atoms with Crippen LogP contribution in [0, 0.1) is 28.1 Å². The molecule has 0 amide bonds. The highest BCUT2D eigenvalue weighted by Gasteiger charge is 2.30. The fraction of sp³-hybridized carbons (Fsp3) is 0.263. The number of allylic oxidation sites excluding steroid dienone is 1. The van der Waals surface area contributed by atoms with Gasteiger partial charge in [0.05, 0.1) is 12.1 Å². The lowest BCUT2D eigenvalue weighted by Crippen LogP contribution is -2.19. The maximum atomic E-state index is 9.46. The van der Waals surface area contributed by atoms with Gasteiger partial charge in [-0.1, -0.05) is 48.0 Å². The zero-order valence-electron chi connectivity index (χ0n) is 12.3. The van der Waals surface area contributed by atoms with E-state index in [4.69, 9.17) is 0 Å². The number of rotatable bonds is 5. The van der Waals surface area contributed by atoms with Gasteiger partial charge in [-0.2, -0.15) is 10.5 Å². The summed E-state index contributed by atoms with van der Waals surface area (Å²) in [4.78, 5) is 0. The molecule has 0 fully saturated rings. The van der Waals surface area contributed by atoms with Crippen molar-refractivity contribution in [1.29, 1.82) is 10.5 Å². The molecule has 0 aliphatic rings. The van der Waals surface area contributed by atoms with Gasteiger partial charge in [0.25, 0.3) is 0 Å². The van der Waals surface area contributed by atoms with Gasteiger partial charge in [0.15, 0.2) is 0 Å². The number of fused-ring (bicyclic) bond motifs is 1. The Kier molecular flexibility index (Phi) is 4.41. The van der Waals surface area contributed by atoms with Crippen molar-refractivity contribution < 1.29 is 0 Å². The quantitative estimate of drug-likeness (QED) is 0.737. The number of nitriles is 2. The molecule has 2 aromatic rings. The number of benzene rings is 2. The Morgan fingerprint density at radius 2 is 1.76 bits per heavy atom. The van der Waals surface area contributed by atoms with Crippen molar-refractivity contribution in [2.45, 2.75) is 26.2 Å². The SMILES string of the molecule is C=C(C)CCC(C#N)(C#N)Cc1ccc2ccccc2c1. The van der Waals surface area contributed by atoms with E-state index in [1.165, 1.54) is 5.39 Å². The molecule has 0 saturated heterocycles. The van der Waals surface area contributed by atoms with Crippen LogP contribution in [0.2, 0.25) is 0 Å². The fourth-order valence-corrected chi connectivity index (χ4v) is 2.43. The van der Waals surface area contributed by atoms with Crippen molar-refractivity contribution in [2.24, 2.45) is 5.41 Å². The lowest BCUT2D eigenvalue weighted by Gasteiger charge is -2.19. The molecule has 2 rings (SSSR count). The summed E-state index contributed by atoms with van der Waals surface area (Å²) in [7, 11) is 0. The number of hydrogen-bond acceptors (Lipinski definition) is 2. The lowest BCUT2D eigenvalue weighted by atomic mass is 9.79. The molecule has 0 bridgehead atoms. The monoisotopic (exact) mass is 274 g/mol. The lowest BCUT2D eigenvalue weighted by molar-refractivity contribution is 0.473. The topological polar surface area (TPSA) is 47.6 Å². The molecule has 0 aromatic heterocycles. The Labute approximate surface area is 125 Å². The molecule has 0 aliphatic carbocycles. The first kappa shape index (κ1) is 14.8. The van der Waals surface area contributed by atoms with Gasteiger partial charge in [-0.15, -0.1) is 6.58 Å². The van der Waals surface area contributed by atoms with Gasteiger partial charge in [-0.25, -0.2) is 0 Å². The van der Waals surface area contributed by atoms with Gasteiger partial charge < -0.3 is 0 Å². The van der Waals surface area contributed by atoms with E-state index in [1.54, 1.807) is 0 Å². The molecule has 0 spiro atoms. The van der Waals surface area contributed by atoms with E-state index in [1.807, 2.05) is 37.3 Å². The third-order valence-corrected chi connectivity index (χ3v) is 3.73. The zero-order chi connectivity index (χ0) is 15.3. The molecule has 21 heavy (non-hydrogen) atoms. The van der Waals surface area contributed by atoms with Gasteiger partial charge in [0, 0.05) is 6.42 Å². The van der Waals surface area contributed by atoms with E-state index in [0.717, 1.165) is 16.5 Å². The predicted molar refractivity (Wildman–Crippen MR) is 85.4 cm³/mol. The third-order valence-electron chi connectivity index (χ3n) is 3.73. The molecule has 0 atom stereocenters. The van der Waals surface area contributed by atoms with Crippen molar-refractivity contribution in [3.8, 4) is 12.1 Å². The molecule has 104 valence electrons. The van der Waals surface area contributed by atoms with Crippen LogP contribution in [0.25, 0.3) is 10.8 Å². The molecular formula is C19H18N2. The first-order valence-electron chi connectivity index (χ1n) is 7.03. The van der Waals surface area contributed by atoms with Crippen LogP contribution in [0.4, 0.5) is 0 Å². The summed E-state index contributed by atoms with van der Waals surface area (Å²) in [6, 6.07) is 18.7. The number of hydrogen-bond donors (Lipinski definition) is 0. The summed E-state index contributed by atoms with van der Waals surface area (Å²) in [6.45, 7) is 5.78. The molecule has 0 aliphatic heterocycles. The summed E-state index contributed by atoms with van der Waals surface area (Å²) >= 11 is 0. The van der Waals surface area contributed by atoms with E-state index >= 15 is 0 Å². The fourth-order valence-electron chi connectivity index (χ4n) is 2.43. The highest BCUT2D eigenvalue weighted by molar-refractivity contribution is 5.83. The first-order chi connectivity index (χ1) is 10.1. The van der Waals surface area contributed by atoms with E-state index in [-0.39, 0.29) is 0 Å². The maximum Gasteiger partial charge on any atom is 0.148 e. The molecule has 0 saturated carbocycles. The Bertz CT molecular complexity index is 730. The molecule has 0 unspecified atom stereocenters. The van der Waals surface area contributed by atoms with Crippen molar-refractivity contribution in [1.82, 2.24) is 0 Å². The van der Waals surface area contributed by atoms with Crippen LogP contribution >= 0.6 is 0 Å². The van der Waals surface area contributed by atoms with Gasteiger partial charge in [0.2, 0.25) is 0 Å². The van der Waals surface area contributed by atoms with Crippen LogP contribution < -0.4 is 0 Å². The molecular weight excluding hydrogens is 256 g/mol. The summed E-state index contributed by atoms with van der Waals surface area (Å²) < 4.78 is 0. The van der Waals surface area contributed by atoms with E-state index < -0.39 is 5.41 Å². The van der Waals surface area contributed by atoms with Crippen LogP contribution in [-0.2, 0) is 6.42 Å². The average Bonchev–Trinajstić information content (AvgIpc) is 2.51. The third kappa shape index (κ3) is 3.50. The van der Waals surface area contributed by atoms with Gasteiger partial charge >= 0.3 is 0 Å². The molecule has 2 aromatic carbocycles. The minimum Gasteiger partial charge on any atom is -0.197 e. The van der Waals surface area contributed by atoms with Gasteiger partial charge in [0.1, 0.15) is 5.41 Å². The van der Waals surface area contributed by atoms with Crippen molar-refractivity contribution in [2.75, 3.05) is 0 Å². The minimum absolute atomic E-state index is 0.456. The largest absolute Gasteiger partial charge is 0.197 e. The Morgan fingerprint density at radius 1 is 1.10 bits per heavy atom. The first-order valence-corrected chi connectivity index (χ1v) is 7.03. The standard InChI is InChI=1S/C19H18N2/c1-15(2)9-10-19(13-20,14-21)12-16-7-8-17-5-3-4-6-18(17)11-16/h3-8,11H,1,9-10,12H2,2H3. The predicted octanol–water partition coefficient (Wildman–Crippen LogP) is 4.77. The number of nitrogens with zero attached hydrogens (tertiary/aromatic N) is 2. The normalized spacial score (nSPS) is 10.8. The second-order valence-electron chi connectivity index (χ2n) is 5.62. The Morgan fingerprint density at radius 3 is 2.38 bits per heavy atom. The summed E-state index contributed by atoms with van der Waals surface area (Å²) in [5.74, 6) is 0. The maximum absolute atomic E-state index is 9.46. The smallest absolute Gasteiger partial charge is 0.148 e. The van der Waals surface area contributed by atoms with Crippen molar-refractivity contribution >= 4 is 10.8 Å². The van der Waals surface area contributed by atoms with E-state index in [2.05, 4.69) is 30.9 Å². The minimum atomic E-state index is -0.971. The van der Waals surface area contributed by atoms with Crippen molar-refractivity contribution in [3.05, 3.63) is 60.2 Å². The van der Waals surface area contributed by atoms with Crippen LogP contribution in [-0.4, -0.2) is 0 Å². The Balaban J connectivity index is 2.28. The van der Waals surface area contributed by atoms with E-state index in [9.17, 15) is 10.5 Å². The van der Waals surface area contributed by atoms with Gasteiger partial charge in [-0.05, 0) is 36.1 Å². The van der Waals surface area contributed by atoms with Crippen LogP contribution in [0.3, 0.4) is 0 Å². The second kappa shape index (κ2) is 6.25. The van der Waals surface area contributed by atoms with Gasteiger partial charge in [-0.3, -0.25) is 0 Å². The zero-order valence-corrected chi connectivity index (χ0v) is 12.3. The average molecular weight is 274 g/mol. The van der Waals surface area contributed by atoms with Crippen LogP contribution in [0.5, 0.6) is 0 Å².